The minimum atomic E-state index is -0.205. The van der Waals surface area contributed by atoms with Gasteiger partial charge in [0, 0.05) is 19.5 Å². The van der Waals surface area contributed by atoms with Crippen LogP contribution in [0.25, 0.3) is 0 Å². The Labute approximate surface area is 135 Å². The largest absolute Gasteiger partial charge is 0.393 e. The zero-order valence-electron chi connectivity index (χ0n) is 12.7. The molecule has 3 N–H and O–H groups in total. The van der Waals surface area contributed by atoms with Gasteiger partial charge in [-0.3, -0.25) is 9.59 Å². The fourth-order valence-electron chi connectivity index (χ4n) is 2.74. The van der Waals surface area contributed by atoms with Crippen LogP contribution in [-0.4, -0.2) is 36.1 Å². The summed E-state index contributed by atoms with van der Waals surface area (Å²) < 4.78 is 0. The van der Waals surface area contributed by atoms with E-state index in [1.165, 1.54) is 11.3 Å². The number of rotatable bonds is 7. The van der Waals surface area contributed by atoms with E-state index in [0.717, 1.165) is 25.7 Å². The Bertz CT molecular complexity index is 476. The third-order valence-corrected chi connectivity index (χ3v) is 4.82. The van der Waals surface area contributed by atoms with Gasteiger partial charge >= 0.3 is 0 Å². The zero-order valence-corrected chi connectivity index (χ0v) is 13.5. The third kappa shape index (κ3) is 5.77. The number of nitrogens with one attached hydrogen (secondary N) is 2. The monoisotopic (exact) mass is 324 g/mol. The van der Waals surface area contributed by atoms with Gasteiger partial charge in [-0.05, 0) is 43.0 Å². The van der Waals surface area contributed by atoms with E-state index in [-0.39, 0.29) is 17.9 Å². The number of carbonyl (C=O) groups excluding carboxylic acids is 2. The highest BCUT2D eigenvalue weighted by Crippen LogP contribution is 2.23. The van der Waals surface area contributed by atoms with Gasteiger partial charge in [0.05, 0.1) is 11.0 Å². The van der Waals surface area contributed by atoms with Crippen LogP contribution < -0.4 is 10.6 Å². The number of aliphatic hydroxyl groups is 1. The Morgan fingerprint density at radius 1 is 1.32 bits per heavy atom. The van der Waals surface area contributed by atoms with Crippen LogP contribution in [0.4, 0.5) is 0 Å². The molecule has 2 amide bonds. The number of thiophene rings is 1. The van der Waals surface area contributed by atoms with Gasteiger partial charge < -0.3 is 15.7 Å². The molecule has 2 rings (SSSR count). The predicted molar refractivity (Wildman–Crippen MR) is 86.9 cm³/mol. The first-order chi connectivity index (χ1) is 10.6. The van der Waals surface area contributed by atoms with Crippen LogP contribution in [0.1, 0.15) is 48.2 Å². The Balaban J connectivity index is 1.53. The Kier molecular flexibility index (Phi) is 6.86. The van der Waals surface area contributed by atoms with Crippen LogP contribution in [0, 0.1) is 5.92 Å². The molecule has 5 nitrogen and oxygen atoms in total. The van der Waals surface area contributed by atoms with Gasteiger partial charge in [0.2, 0.25) is 5.91 Å². The average Bonchev–Trinajstić information content (AvgIpc) is 3.04. The lowest BCUT2D eigenvalue weighted by molar-refractivity contribution is -0.121. The van der Waals surface area contributed by atoms with E-state index in [2.05, 4.69) is 10.6 Å². The fourth-order valence-corrected chi connectivity index (χ4v) is 3.38. The molecule has 1 aromatic heterocycles. The smallest absolute Gasteiger partial charge is 0.261 e. The molecule has 0 aromatic carbocycles. The van der Waals surface area contributed by atoms with E-state index in [4.69, 9.17) is 0 Å². The molecular formula is C16H24N2O3S. The molecule has 1 aliphatic carbocycles. The van der Waals surface area contributed by atoms with E-state index in [0.29, 0.717) is 36.7 Å². The molecule has 1 fully saturated rings. The molecule has 0 aliphatic heterocycles. The van der Waals surface area contributed by atoms with Gasteiger partial charge in [-0.25, -0.2) is 0 Å². The summed E-state index contributed by atoms with van der Waals surface area (Å²) in [7, 11) is 0. The molecule has 0 spiro atoms. The van der Waals surface area contributed by atoms with Crippen molar-refractivity contribution < 1.29 is 14.7 Å². The van der Waals surface area contributed by atoms with Crippen molar-refractivity contribution in [3.8, 4) is 0 Å². The van der Waals surface area contributed by atoms with Gasteiger partial charge in [-0.1, -0.05) is 12.5 Å². The number of carbonyl (C=O) groups is 2. The van der Waals surface area contributed by atoms with E-state index >= 15 is 0 Å². The number of amides is 2. The Morgan fingerprint density at radius 3 is 2.91 bits per heavy atom. The molecule has 122 valence electrons. The zero-order chi connectivity index (χ0) is 15.8. The second kappa shape index (κ2) is 8.90. The SMILES string of the molecule is O=C(CCCNC(=O)c1cccs1)NCC1CCCC(O)C1. The topological polar surface area (TPSA) is 78.4 Å². The lowest BCUT2D eigenvalue weighted by Gasteiger charge is -2.25. The maximum Gasteiger partial charge on any atom is 0.261 e. The maximum atomic E-state index is 11.8. The lowest BCUT2D eigenvalue weighted by atomic mass is 9.87. The molecule has 1 heterocycles. The first-order valence-electron chi connectivity index (χ1n) is 7.91. The van der Waals surface area contributed by atoms with Crippen molar-refractivity contribution in [2.45, 2.75) is 44.6 Å². The summed E-state index contributed by atoms with van der Waals surface area (Å²) in [5.41, 5.74) is 0. The van der Waals surface area contributed by atoms with Crippen molar-refractivity contribution in [2.75, 3.05) is 13.1 Å². The van der Waals surface area contributed by atoms with Crippen LogP contribution in [-0.2, 0) is 4.79 Å². The quantitative estimate of drug-likeness (QED) is 0.671. The summed E-state index contributed by atoms with van der Waals surface area (Å²) in [5, 5.41) is 17.2. The second-order valence-electron chi connectivity index (χ2n) is 5.83. The summed E-state index contributed by atoms with van der Waals surface area (Å²) in [6, 6.07) is 3.63. The molecule has 0 radical (unpaired) electrons. The molecule has 0 saturated heterocycles. The molecule has 1 saturated carbocycles. The van der Waals surface area contributed by atoms with Crippen LogP contribution >= 0.6 is 11.3 Å². The number of aliphatic hydroxyl groups excluding tert-OH is 1. The Hall–Kier alpha value is -1.40. The van der Waals surface area contributed by atoms with Crippen molar-refractivity contribution in [1.82, 2.24) is 10.6 Å². The summed E-state index contributed by atoms with van der Waals surface area (Å²) in [4.78, 5) is 24.1. The molecule has 2 unspecified atom stereocenters. The normalized spacial score (nSPS) is 21.3. The minimum absolute atomic E-state index is 0.0189. The predicted octanol–water partition coefficient (Wildman–Crippen LogP) is 1.93. The summed E-state index contributed by atoms with van der Waals surface area (Å²) in [6.45, 7) is 1.16. The maximum absolute atomic E-state index is 11.8. The highest BCUT2D eigenvalue weighted by Gasteiger charge is 2.20. The summed E-state index contributed by atoms with van der Waals surface area (Å²) in [6.07, 6.45) is 4.63. The number of hydrogen-bond acceptors (Lipinski definition) is 4. The van der Waals surface area contributed by atoms with Gasteiger partial charge in [-0.15, -0.1) is 11.3 Å². The van der Waals surface area contributed by atoms with Crippen LogP contribution in [0.2, 0.25) is 0 Å². The molecule has 6 heteroatoms. The van der Waals surface area contributed by atoms with Crippen molar-refractivity contribution >= 4 is 23.2 Å². The lowest BCUT2D eigenvalue weighted by Crippen LogP contribution is -2.33. The molecule has 1 aromatic rings. The Morgan fingerprint density at radius 2 is 2.18 bits per heavy atom. The molecule has 22 heavy (non-hydrogen) atoms. The van der Waals surface area contributed by atoms with E-state index < -0.39 is 0 Å². The standard InChI is InChI=1S/C16H24N2O3S/c19-13-5-1-4-12(10-13)11-18-15(20)7-2-8-17-16(21)14-6-3-9-22-14/h3,6,9,12-13,19H,1-2,4-5,7-8,10-11H2,(H,17,21)(H,18,20). The first-order valence-corrected chi connectivity index (χ1v) is 8.79. The van der Waals surface area contributed by atoms with Crippen molar-refractivity contribution in [1.29, 1.82) is 0 Å². The second-order valence-corrected chi connectivity index (χ2v) is 6.77. The van der Waals surface area contributed by atoms with Gasteiger partial charge in [0.1, 0.15) is 0 Å². The molecule has 2 atom stereocenters. The minimum Gasteiger partial charge on any atom is -0.393 e. The van der Waals surface area contributed by atoms with Gasteiger partial charge in [0.15, 0.2) is 0 Å². The average molecular weight is 324 g/mol. The molecule has 1 aliphatic rings. The van der Waals surface area contributed by atoms with Gasteiger partial charge in [0.25, 0.3) is 5.91 Å². The first kappa shape index (κ1) is 17.0. The number of hydrogen-bond donors (Lipinski definition) is 3. The highest BCUT2D eigenvalue weighted by atomic mass is 32.1. The fraction of sp³-hybridized carbons (Fsp3) is 0.625. The van der Waals surface area contributed by atoms with Crippen molar-refractivity contribution in [3.05, 3.63) is 22.4 Å². The summed E-state index contributed by atoms with van der Waals surface area (Å²) in [5.74, 6) is 0.336. The van der Waals surface area contributed by atoms with Crippen molar-refractivity contribution in [3.63, 3.8) is 0 Å². The van der Waals surface area contributed by atoms with E-state index in [1.807, 2.05) is 11.4 Å². The molecule has 0 bridgehead atoms. The van der Waals surface area contributed by atoms with Gasteiger partial charge in [-0.2, -0.15) is 0 Å². The third-order valence-electron chi connectivity index (χ3n) is 3.95. The van der Waals surface area contributed by atoms with Crippen LogP contribution in [0.3, 0.4) is 0 Å². The summed E-state index contributed by atoms with van der Waals surface area (Å²) >= 11 is 1.41. The van der Waals surface area contributed by atoms with E-state index in [9.17, 15) is 14.7 Å². The van der Waals surface area contributed by atoms with Crippen molar-refractivity contribution in [2.24, 2.45) is 5.92 Å². The highest BCUT2D eigenvalue weighted by molar-refractivity contribution is 7.12. The van der Waals surface area contributed by atoms with E-state index in [1.54, 1.807) is 6.07 Å². The van der Waals surface area contributed by atoms with Crippen LogP contribution in [0.5, 0.6) is 0 Å². The molecular weight excluding hydrogens is 300 g/mol. The van der Waals surface area contributed by atoms with Crippen LogP contribution in [0.15, 0.2) is 17.5 Å².